The van der Waals surface area contributed by atoms with Gasteiger partial charge in [-0.25, -0.2) is 9.78 Å². The van der Waals surface area contributed by atoms with Crippen molar-refractivity contribution in [3.05, 3.63) is 42.2 Å². The van der Waals surface area contributed by atoms with E-state index in [9.17, 15) is 4.79 Å². The number of pyridine rings is 1. The second kappa shape index (κ2) is 7.69. The monoisotopic (exact) mass is 319 g/mol. The number of carbonyl (C=O) groups is 1. The number of hydrogen-bond donors (Lipinski definition) is 0. The second-order valence-corrected chi connectivity index (χ2v) is 10.4. The standard InChI is InChI=1S/C17H25NO3Si/c1-4-22(5-2,6-3)21-15-11-10-14(13-15)20-17(19)16-9-7-8-12-18-16/h7-12,14-15H,4-6,13H2,1-3H3/t14-,15+/m1/s1. The predicted molar refractivity (Wildman–Crippen MR) is 89.3 cm³/mol. The molecule has 0 aliphatic heterocycles. The van der Waals surface area contributed by atoms with Crippen LogP contribution in [0, 0.1) is 0 Å². The Labute approximate surface area is 133 Å². The van der Waals surface area contributed by atoms with Gasteiger partial charge in [-0.2, -0.15) is 0 Å². The van der Waals surface area contributed by atoms with E-state index in [1.54, 1.807) is 24.4 Å². The topological polar surface area (TPSA) is 48.4 Å². The first kappa shape index (κ1) is 16.9. The van der Waals surface area contributed by atoms with Gasteiger partial charge in [0.15, 0.2) is 8.32 Å². The average molecular weight is 319 g/mol. The summed E-state index contributed by atoms with van der Waals surface area (Å²) in [5.74, 6) is -0.374. The number of ether oxygens (including phenoxy) is 1. The normalized spacial score (nSPS) is 21.0. The van der Waals surface area contributed by atoms with Crippen molar-refractivity contribution in [3.63, 3.8) is 0 Å². The van der Waals surface area contributed by atoms with Crippen LogP contribution in [0.25, 0.3) is 0 Å². The lowest BCUT2D eigenvalue weighted by Gasteiger charge is -2.31. The fourth-order valence-electron chi connectivity index (χ4n) is 2.81. The Hall–Kier alpha value is -1.46. The zero-order valence-electron chi connectivity index (χ0n) is 13.6. The van der Waals surface area contributed by atoms with Crippen LogP contribution in [0.15, 0.2) is 36.5 Å². The summed E-state index contributed by atoms with van der Waals surface area (Å²) in [4.78, 5) is 16.0. The van der Waals surface area contributed by atoms with Crippen LogP contribution in [0.3, 0.4) is 0 Å². The minimum Gasteiger partial charge on any atom is -0.453 e. The molecule has 2 atom stereocenters. The van der Waals surface area contributed by atoms with Crippen LogP contribution in [0.2, 0.25) is 18.1 Å². The molecule has 0 spiro atoms. The van der Waals surface area contributed by atoms with Crippen molar-refractivity contribution in [2.75, 3.05) is 0 Å². The van der Waals surface area contributed by atoms with E-state index in [0.29, 0.717) is 12.1 Å². The first-order valence-electron chi connectivity index (χ1n) is 8.10. The van der Waals surface area contributed by atoms with Gasteiger partial charge in [-0.05, 0) is 36.3 Å². The second-order valence-electron chi connectivity index (χ2n) is 5.68. The molecule has 0 unspecified atom stereocenters. The molecule has 1 heterocycles. The van der Waals surface area contributed by atoms with Crippen molar-refractivity contribution in [1.29, 1.82) is 0 Å². The zero-order valence-corrected chi connectivity index (χ0v) is 14.6. The van der Waals surface area contributed by atoms with Crippen LogP contribution in [0.5, 0.6) is 0 Å². The van der Waals surface area contributed by atoms with E-state index >= 15 is 0 Å². The predicted octanol–water partition coefficient (Wildman–Crippen LogP) is 3.96. The van der Waals surface area contributed by atoms with Gasteiger partial charge < -0.3 is 9.16 Å². The molecule has 0 fully saturated rings. The zero-order chi connectivity index (χ0) is 16.0. The number of rotatable bonds is 7. The van der Waals surface area contributed by atoms with Crippen LogP contribution >= 0.6 is 0 Å². The van der Waals surface area contributed by atoms with Gasteiger partial charge in [0.2, 0.25) is 0 Å². The third-order valence-corrected chi connectivity index (χ3v) is 9.14. The van der Waals surface area contributed by atoms with Crippen molar-refractivity contribution >= 4 is 14.3 Å². The van der Waals surface area contributed by atoms with Crippen LogP contribution < -0.4 is 0 Å². The fourth-order valence-corrected chi connectivity index (χ4v) is 5.63. The van der Waals surface area contributed by atoms with E-state index in [0.717, 1.165) is 18.1 Å². The number of hydrogen-bond acceptors (Lipinski definition) is 4. The summed E-state index contributed by atoms with van der Waals surface area (Å²) < 4.78 is 11.9. The van der Waals surface area contributed by atoms with Crippen LogP contribution in [0.1, 0.15) is 37.7 Å². The van der Waals surface area contributed by atoms with Crippen LogP contribution in [-0.4, -0.2) is 31.5 Å². The Balaban J connectivity index is 1.88. The number of aromatic nitrogens is 1. The number of nitrogens with zero attached hydrogens (tertiary/aromatic N) is 1. The first-order chi connectivity index (χ1) is 10.6. The maximum Gasteiger partial charge on any atom is 0.357 e. The lowest BCUT2D eigenvalue weighted by molar-refractivity contribution is 0.0347. The van der Waals surface area contributed by atoms with Gasteiger partial charge in [-0.3, -0.25) is 0 Å². The van der Waals surface area contributed by atoms with Crippen molar-refractivity contribution in [1.82, 2.24) is 4.98 Å². The van der Waals surface area contributed by atoms with E-state index in [1.165, 1.54) is 0 Å². The van der Waals surface area contributed by atoms with E-state index < -0.39 is 8.32 Å². The number of esters is 1. The molecule has 0 saturated heterocycles. The van der Waals surface area contributed by atoms with E-state index in [4.69, 9.17) is 9.16 Å². The lowest BCUT2D eigenvalue weighted by Crippen LogP contribution is -2.39. The largest absolute Gasteiger partial charge is 0.453 e. The molecule has 1 aliphatic rings. The molecule has 1 aliphatic carbocycles. The lowest BCUT2D eigenvalue weighted by atomic mass is 10.3. The molecule has 2 rings (SSSR count). The third kappa shape index (κ3) is 4.05. The molecule has 0 aromatic carbocycles. The molecule has 4 nitrogen and oxygen atoms in total. The van der Waals surface area contributed by atoms with Gasteiger partial charge >= 0.3 is 5.97 Å². The molecule has 120 valence electrons. The Morgan fingerprint density at radius 2 is 1.86 bits per heavy atom. The van der Waals surface area contributed by atoms with Crippen molar-refractivity contribution in [2.24, 2.45) is 0 Å². The quantitative estimate of drug-likeness (QED) is 0.434. The van der Waals surface area contributed by atoms with Gasteiger partial charge in [0.25, 0.3) is 0 Å². The summed E-state index contributed by atoms with van der Waals surface area (Å²) in [6.45, 7) is 6.66. The Kier molecular flexibility index (Phi) is 5.91. The molecule has 1 aromatic heterocycles. The Bertz CT molecular complexity index is 506. The maximum atomic E-state index is 12.0. The van der Waals surface area contributed by atoms with Crippen LogP contribution in [-0.2, 0) is 9.16 Å². The minimum atomic E-state index is -1.62. The average Bonchev–Trinajstić information content (AvgIpc) is 3.00. The van der Waals surface area contributed by atoms with E-state index in [1.807, 2.05) is 12.2 Å². The highest BCUT2D eigenvalue weighted by atomic mass is 28.4. The molecule has 0 amide bonds. The highest BCUT2D eigenvalue weighted by Crippen LogP contribution is 2.28. The van der Waals surface area contributed by atoms with Crippen molar-refractivity contribution < 1.29 is 14.0 Å². The molecule has 0 saturated carbocycles. The molecule has 0 radical (unpaired) electrons. The van der Waals surface area contributed by atoms with Gasteiger partial charge in [0.05, 0.1) is 6.10 Å². The molecule has 0 bridgehead atoms. The van der Waals surface area contributed by atoms with Gasteiger partial charge in [0, 0.05) is 12.6 Å². The fraction of sp³-hybridized carbons (Fsp3) is 0.529. The molecular weight excluding hydrogens is 294 g/mol. The van der Waals surface area contributed by atoms with E-state index in [-0.39, 0.29) is 18.2 Å². The molecule has 0 N–H and O–H groups in total. The summed E-state index contributed by atoms with van der Waals surface area (Å²) in [7, 11) is -1.62. The SMILES string of the molecule is CC[Si](CC)(CC)O[C@H]1C=C[C@@H](OC(=O)c2ccccn2)C1. The Morgan fingerprint density at radius 1 is 1.18 bits per heavy atom. The van der Waals surface area contributed by atoms with Gasteiger partial charge in [-0.15, -0.1) is 0 Å². The summed E-state index contributed by atoms with van der Waals surface area (Å²) in [6, 6.07) is 8.61. The first-order valence-corrected chi connectivity index (χ1v) is 10.6. The van der Waals surface area contributed by atoms with Gasteiger partial charge in [0.1, 0.15) is 11.8 Å². The molecule has 22 heavy (non-hydrogen) atoms. The molecular formula is C17H25NO3Si. The third-order valence-electron chi connectivity index (χ3n) is 4.47. The maximum absolute atomic E-state index is 12.0. The smallest absolute Gasteiger partial charge is 0.357 e. The highest BCUT2D eigenvalue weighted by Gasteiger charge is 2.34. The Morgan fingerprint density at radius 3 is 2.45 bits per heavy atom. The molecule has 1 aromatic rings. The van der Waals surface area contributed by atoms with Crippen molar-refractivity contribution in [3.8, 4) is 0 Å². The van der Waals surface area contributed by atoms with Gasteiger partial charge in [-0.1, -0.05) is 32.9 Å². The van der Waals surface area contributed by atoms with Crippen LogP contribution in [0.4, 0.5) is 0 Å². The summed E-state index contributed by atoms with van der Waals surface area (Å²) in [6.07, 6.45) is 6.15. The summed E-state index contributed by atoms with van der Waals surface area (Å²) in [5, 5.41) is 0. The summed E-state index contributed by atoms with van der Waals surface area (Å²) in [5.41, 5.74) is 0.347. The van der Waals surface area contributed by atoms with E-state index in [2.05, 4.69) is 25.8 Å². The summed E-state index contributed by atoms with van der Waals surface area (Å²) >= 11 is 0. The highest BCUT2D eigenvalue weighted by molar-refractivity contribution is 6.73. The molecule has 5 heteroatoms. The number of carbonyl (C=O) groups excluding carboxylic acids is 1. The minimum absolute atomic E-state index is 0.0769. The van der Waals surface area contributed by atoms with Crippen molar-refractivity contribution in [2.45, 2.75) is 57.5 Å².